The maximum absolute atomic E-state index is 5.80. The summed E-state index contributed by atoms with van der Waals surface area (Å²) in [5, 5.41) is 4.22. The molecule has 2 rings (SSSR count). The predicted molar refractivity (Wildman–Crippen MR) is 61.5 cm³/mol. The van der Waals surface area contributed by atoms with Crippen molar-refractivity contribution in [2.24, 2.45) is 0 Å². The molecule has 1 aliphatic rings. The van der Waals surface area contributed by atoms with Gasteiger partial charge in [0.05, 0.1) is 0 Å². The van der Waals surface area contributed by atoms with Crippen molar-refractivity contribution < 1.29 is 0 Å². The fraction of sp³-hybridized carbons (Fsp3) is 0.333. The summed E-state index contributed by atoms with van der Waals surface area (Å²) < 4.78 is 0. The summed E-state index contributed by atoms with van der Waals surface area (Å²) in [7, 11) is 0. The molecule has 0 aromatic heterocycles. The van der Waals surface area contributed by atoms with Gasteiger partial charge in [0.2, 0.25) is 0 Å². The molecule has 1 atom stereocenters. The minimum absolute atomic E-state index is 0.561. The average Bonchev–Trinajstić information content (AvgIpc) is 2.70. The van der Waals surface area contributed by atoms with Crippen LogP contribution in [0.5, 0.6) is 0 Å². The van der Waals surface area contributed by atoms with Crippen molar-refractivity contribution in [3.05, 3.63) is 40.9 Å². The van der Waals surface area contributed by atoms with Gasteiger partial charge >= 0.3 is 0 Å². The highest BCUT2D eigenvalue weighted by Crippen LogP contribution is 2.12. The standard InChI is InChI=1S/C12H14ClN/c13-11-6-3-10(4-7-11)5-8-12-2-1-9-14-12/h3-8,12,14H,1-2,9H2/b8-5+. The van der Waals surface area contributed by atoms with E-state index in [4.69, 9.17) is 11.6 Å². The van der Waals surface area contributed by atoms with Crippen molar-refractivity contribution in [1.29, 1.82) is 0 Å². The molecule has 1 saturated heterocycles. The molecule has 1 N–H and O–H groups in total. The molecule has 14 heavy (non-hydrogen) atoms. The molecular formula is C12H14ClN. The largest absolute Gasteiger partial charge is 0.311 e. The molecule has 0 bridgehead atoms. The molecule has 1 unspecified atom stereocenters. The minimum Gasteiger partial charge on any atom is -0.311 e. The molecule has 1 nitrogen and oxygen atoms in total. The van der Waals surface area contributed by atoms with Gasteiger partial charge in [-0.15, -0.1) is 0 Å². The molecule has 74 valence electrons. The number of benzene rings is 1. The van der Waals surface area contributed by atoms with E-state index in [1.807, 2.05) is 24.3 Å². The van der Waals surface area contributed by atoms with Gasteiger partial charge in [-0.25, -0.2) is 0 Å². The van der Waals surface area contributed by atoms with Crippen LogP contribution in [-0.2, 0) is 0 Å². The quantitative estimate of drug-likeness (QED) is 0.786. The first-order valence-corrected chi connectivity index (χ1v) is 5.39. The van der Waals surface area contributed by atoms with Crippen LogP contribution in [0.1, 0.15) is 18.4 Å². The zero-order valence-corrected chi connectivity index (χ0v) is 8.80. The van der Waals surface area contributed by atoms with Gasteiger partial charge in [-0.05, 0) is 37.1 Å². The first-order valence-electron chi connectivity index (χ1n) is 5.02. The lowest BCUT2D eigenvalue weighted by Gasteiger charge is -2.01. The molecule has 2 heteroatoms. The van der Waals surface area contributed by atoms with Crippen LogP contribution in [0.25, 0.3) is 6.08 Å². The Kier molecular flexibility index (Phi) is 3.22. The second-order valence-electron chi connectivity index (χ2n) is 3.61. The Bertz CT molecular complexity index is 310. The van der Waals surface area contributed by atoms with Crippen molar-refractivity contribution in [3.8, 4) is 0 Å². The van der Waals surface area contributed by atoms with E-state index in [1.165, 1.54) is 18.4 Å². The molecule has 1 aliphatic heterocycles. The van der Waals surface area contributed by atoms with E-state index in [2.05, 4.69) is 17.5 Å². The molecule has 0 saturated carbocycles. The van der Waals surface area contributed by atoms with E-state index >= 15 is 0 Å². The number of hydrogen-bond acceptors (Lipinski definition) is 1. The predicted octanol–water partition coefficient (Wildman–Crippen LogP) is 3.11. The Morgan fingerprint density at radius 1 is 1.29 bits per heavy atom. The van der Waals surface area contributed by atoms with Crippen LogP contribution in [0.4, 0.5) is 0 Å². The third-order valence-corrected chi connectivity index (χ3v) is 2.74. The topological polar surface area (TPSA) is 12.0 Å². The maximum atomic E-state index is 5.80. The molecule has 0 spiro atoms. The number of halogens is 1. The maximum Gasteiger partial charge on any atom is 0.0406 e. The minimum atomic E-state index is 0.561. The smallest absolute Gasteiger partial charge is 0.0406 e. The van der Waals surface area contributed by atoms with Gasteiger partial charge in [-0.2, -0.15) is 0 Å². The van der Waals surface area contributed by atoms with Crippen LogP contribution in [0.3, 0.4) is 0 Å². The molecule has 0 amide bonds. The summed E-state index contributed by atoms with van der Waals surface area (Å²) >= 11 is 5.80. The van der Waals surface area contributed by atoms with Crippen LogP contribution >= 0.6 is 11.6 Å². The molecule has 0 radical (unpaired) electrons. The SMILES string of the molecule is Clc1ccc(/C=C/C2CCCN2)cc1. The number of nitrogens with one attached hydrogen (secondary N) is 1. The number of hydrogen-bond donors (Lipinski definition) is 1. The molecule has 1 aromatic carbocycles. The number of rotatable bonds is 2. The molecule has 1 fully saturated rings. The lowest BCUT2D eigenvalue weighted by molar-refractivity contribution is 0.730. The third-order valence-electron chi connectivity index (χ3n) is 2.49. The summed E-state index contributed by atoms with van der Waals surface area (Å²) in [6, 6.07) is 8.47. The van der Waals surface area contributed by atoms with Crippen molar-refractivity contribution in [1.82, 2.24) is 5.32 Å². The fourth-order valence-corrected chi connectivity index (χ4v) is 1.80. The second kappa shape index (κ2) is 4.63. The normalized spacial score (nSPS) is 21.9. The van der Waals surface area contributed by atoms with Gasteiger partial charge in [0.25, 0.3) is 0 Å². The van der Waals surface area contributed by atoms with E-state index in [0.717, 1.165) is 11.6 Å². The first-order chi connectivity index (χ1) is 6.84. The van der Waals surface area contributed by atoms with Crippen LogP contribution in [0, 0.1) is 0 Å². The first kappa shape index (κ1) is 9.75. The van der Waals surface area contributed by atoms with Crippen molar-refractivity contribution in [3.63, 3.8) is 0 Å². The Labute approximate surface area is 89.8 Å². The Hall–Kier alpha value is -0.790. The van der Waals surface area contributed by atoms with Gasteiger partial charge in [0.1, 0.15) is 0 Å². The van der Waals surface area contributed by atoms with E-state index < -0.39 is 0 Å². The summed E-state index contributed by atoms with van der Waals surface area (Å²) in [5.41, 5.74) is 1.21. The van der Waals surface area contributed by atoms with E-state index in [0.29, 0.717) is 6.04 Å². The monoisotopic (exact) mass is 207 g/mol. The molecular weight excluding hydrogens is 194 g/mol. The van der Waals surface area contributed by atoms with E-state index in [1.54, 1.807) is 0 Å². The Morgan fingerprint density at radius 2 is 2.07 bits per heavy atom. The van der Waals surface area contributed by atoms with Gasteiger partial charge in [0, 0.05) is 11.1 Å². The lowest BCUT2D eigenvalue weighted by Crippen LogP contribution is -2.17. The van der Waals surface area contributed by atoms with Crippen LogP contribution < -0.4 is 5.32 Å². The molecule has 0 aliphatic carbocycles. The average molecular weight is 208 g/mol. The summed E-state index contributed by atoms with van der Waals surface area (Å²) in [6.07, 6.45) is 6.93. The van der Waals surface area contributed by atoms with Gasteiger partial charge in [0.15, 0.2) is 0 Å². The highest BCUT2D eigenvalue weighted by Gasteiger charge is 2.09. The van der Waals surface area contributed by atoms with Gasteiger partial charge < -0.3 is 5.32 Å². The lowest BCUT2D eigenvalue weighted by atomic mass is 10.1. The van der Waals surface area contributed by atoms with Crippen LogP contribution in [0.15, 0.2) is 30.3 Å². The fourth-order valence-electron chi connectivity index (χ4n) is 1.68. The summed E-state index contributed by atoms with van der Waals surface area (Å²) in [4.78, 5) is 0. The second-order valence-corrected chi connectivity index (χ2v) is 4.05. The Balaban J connectivity index is 1.99. The van der Waals surface area contributed by atoms with Crippen molar-refractivity contribution >= 4 is 17.7 Å². The molecule has 1 aromatic rings. The highest BCUT2D eigenvalue weighted by atomic mass is 35.5. The van der Waals surface area contributed by atoms with E-state index in [-0.39, 0.29) is 0 Å². The van der Waals surface area contributed by atoms with Crippen molar-refractivity contribution in [2.75, 3.05) is 6.54 Å². The van der Waals surface area contributed by atoms with Crippen LogP contribution in [-0.4, -0.2) is 12.6 Å². The highest BCUT2D eigenvalue weighted by molar-refractivity contribution is 6.30. The summed E-state index contributed by atoms with van der Waals surface area (Å²) in [5.74, 6) is 0. The molecule has 1 heterocycles. The van der Waals surface area contributed by atoms with Crippen molar-refractivity contribution in [2.45, 2.75) is 18.9 Å². The third kappa shape index (κ3) is 2.60. The van der Waals surface area contributed by atoms with Crippen LogP contribution in [0.2, 0.25) is 5.02 Å². The summed E-state index contributed by atoms with van der Waals surface area (Å²) in [6.45, 7) is 1.15. The Morgan fingerprint density at radius 3 is 2.71 bits per heavy atom. The zero-order chi connectivity index (χ0) is 9.80. The zero-order valence-electron chi connectivity index (χ0n) is 8.04. The van der Waals surface area contributed by atoms with E-state index in [9.17, 15) is 0 Å². The van der Waals surface area contributed by atoms with Gasteiger partial charge in [-0.1, -0.05) is 35.9 Å². The van der Waals surface area contributed by atoms with Gasteiger partial charge in [-0.3, -0.25) is 0 Å².